The summed E-state index contributed by atoms with van der Waals surface area (Å²) >= 11 is 1.73. The smallest absolute Gasteiger partial charge is 0.273 e. The molecule has 138 valence electrons. The van der Waals surface area contributed by atoms with E-state index in [0.717, 1.165) is 23.4 Å². The standard InChI is InChI=1S/C20H19N3O3S/c24-19(13-15-5-1-3-7-17(15)23(25)26)22-11-9-14(10-12-22)20-21-16-6-2-4-8-18(16)27-20/h1-8,14H,9-13H2. The Labute approximate surface area is 160 Å². The van der Waals surface area contributed by atoms with Gasteiger partial charge in [0, 0.05) is 30.6 Å². The predicted molar refractivity (Wildman–Crippen MR) is 105 cm³/mol. The van der Waals surface area contributed by atoms with Crippen LogP contribution in [0.1, 0.15) is 29.3 Å². The molecule has 1 aliphatic heterocycles. The lowest BCUT2D eigenvalue weighted by atomic mass is 9.97. The maximum Gasteiger partial charge on any atom is 0.273 e. The van der Waals surface area contributed by atoms with Crippen LogP contribution in [-0.4, -0.2) is 33.8 Å². The maximum atomic E-state index is 12.6. The van der Waals surface area contributed by atoms with Crippen molar-refractivity contribution < 1.29 is 9.72 Å². The third-order valence-electron chi connectivity index (χ3n) is 5.04. The van der Waals surface area contributed by atoms with Gasteiger partial charge in [0.15, 0.2) is 0 Å². The number of hydrogen-bond donors (Lipinski definition) is 0. The molecule has 2 aromatic carbocycles. The van der Waals surface area contributed by atoms with Gasteiger partial charge in [0.05, 0.1) is 26.6 Å². The molecule has 1 amide bonds. The minimum absolute atomic E-state index is 0.00946. The van der Waals surface area contributed by atoms with Crippen LogP contribution in [0, 0.1) is 10.1 Å². The zero-order chi connectivity index (χ0) is 18.8. The number of aromatic nitrogens is 1. The highest BCUT2D eigenvalue weighted by atomic mass is 32.1. The van der Waals surface area contributed by atoms with Crippen molar-refractivity contribution in [2.45, 2.75) is 25.2 Å². The number of amides is 1. The van der Waals surface area contributed by atoms with E-state index < -0.39 is 4.92 Å². The van der Waals surface area contributed by atoms with Gasteiger partial charge < -0.3 is 4.90 Å². The van der Waals surface area contributed by atoms with Crippen LogP contribution in [0.2, 0.25) is 0 Å². The molecular formula is C20H19N3O3S. The van der Waals surface area contributed by atoms with E-state index in [2.05, 4.69) is 6.07 Å². The fourth-order valence-electron chi connectivity index (χ4n) is 3.55. The van der Waals surface area contributed by atoms with Gasteiger partial charge in [-0.1, -0.05) is 30.3 Å². The lowest BCUT2D eigenvalue weighted by Crippen LogP contribution is -2.38. The highest BCUT2D eigenvalue weighted by Gasteiger charge is 2.27. The van der Waals surface area contributed by atoms with Crippen LogP contribution in [0.3, 0.4) is 0 Å². The second-order valence-corrected chi connectivity index (χ2v) is 7.80. The van der Waals surface area contributed by atoms with Crippen LogP contribution >= 0.6 is 11.3 Å². The molecule has 27 heavy (non-hydrogen) atoms. The number of hydrogen-bond acceptors (Lipinski definition) is 5. The number of carbonyl (C=O) groups is 1. The molecule has 1 aliphatic rings. The lowest BCUT2D eigenvalue weighted by molar-refractivity contribution is -0.385. The highest BCUT2D eigenvalue weighted by molar-refractivity contribution is 7.18. The number of thiazole rings is 1. The average molecular weight is 381 g/mol. The number of rotatable bonds is 4. The Hall–Kier alpha value is -2.80. The predicted octanol–water partition coefficient (Wildman–Crippen LogP) is 4.15. The molecule has 1 aromatic heterocycles. The van der Waals surface area contributed by atoms with Crippen LogP contribution in [0.15, 0.2) is 48.5 Å². The van der Waals surface area contributed by atoms with E-state index in [1.54, 1.807) is 29.5 Å². The Balaban J connectivity index is 1.40. The molecule has 4 rings (SSSR count). The molecule has 6 nitrogen and oxygen atoms in total. The second kappa shape index (κ2) is 7.44. The van der Waals surface area contributed by atoms with Crippen molar-refractivity contribution in [1.82, 2.24) is 9.88 Å². The van der Waals surface area contributed by atoms with Gasteiger partial charge in [-0.2, -0.15) is 0 Å². The molecule has 2 heterocycles. The summed E-state index contributed by atoms with van der Waals surface area (Å²) in [5.74, 6) is 0.324. The van der Waals surface area contributed by atoms with Gasteiger partial charge in [0.25, 0.3) is 5.69 Å². The number of nitro groups is 1. The van der Waals surface area contributed by atoms with Gasteiger partial charge in [0.1, 0.15) is 0 Å². The molecular weight excluding hydrogens is 362 g/mol. The first-order valence-corrected chi connectivity index (χ1v) is 9.79. The molecule has 1 saturated heterocycles. The Bertz CT molecular complexity index is 960. The third kappa shape index (κ3) is 3.68. The number of para-hydroxylation sites is 2. The molecule has 0 bridgehead atoms. The highest BCUT2D eigenvalue weighted by Crippen LogP contribution is 2.34. The summed E-state index contributed by atoms with van der Waals surface area (Å²) in [5.41, 5.74) is 1.52. The SMILES string of the molecule is O=C(Cc1ccccc1[N+](=O)[O-])N1CCC(c2nc3ccccc3s2)CC1. The van der Waals surface area contributed by atoms with Crippen molar-refractivity contribution in [3.05, 3.63) is 69.2 Å². The van der Waals surface area contributed by atoms with E-state index in [1.807, 2.05) is 23.1 Å². The monoisotopic (exact) mass is 381 g/mol. The molecule has 0 N–H and O–H groups in total. The van der Waals surface area contributed by atoms with E-state index in [0.29, 0.717) is 24.6 Å². The first kappa shape index (κ1) is 17.6. The molecule has 0 unspecified atom stereocenters. The number of nitro benzene ring substituents is 1. The van der Waals surface area contributed by atoms with Crippen molar-refractivity contribution in [3.63, 3.8) is 0 Å². The summed E-state index contributed by atoms with van der Waals surface area (Å²) in [6, 6.07) is 14.6. The number of carbonyl (C=O) groups excluding carboxylic acids is 1. The summed E-state index contributed by atoms with van der Waals surface area (Å²) in [6.45, 7) is 1.33. The van der Waals surface area contributed by atoms with Crippen LogP contribution in [0.5, 0.6) is 0 Å². The Morgan fingerprint density at radius 2 is 1.85 bits per heavy atom. The number of likely N-dealkylation sites (tertiary alicyclic amines) is 1. The summed E-state index contributed by atoms with van der Waals surface area (Å²) in [4.78, 5) is 29.9. The lowest BCUT2D eigenvalue weighted by Gasteiger charge is -2.31. The van der Waals surface area contributed by atoms with Crippen LogP contribution in [-0.2, 0) is 11.2 Å². The van der Waals surface area contributed by atoms with Gasteiger partial charge in [-0.05, 0) is 25.0 Å². The summed E-state index contributed by atoms with van der Waals surface area (Å²) in [6.07, 6.45) is 1.83. The van der Waals surface area contributed by atoms with Crippen LogP contribution in [0.25, 0.3) is 10.2 Å². The zero-order valence-corrected chi connectivity index (χ0v) is 15.5. The van der Waals surface area contributed by atoms with Gasteiger partial charge >= 0.3 is 0 Å². The van der Waals surface area contributed by atoms with Crippen molar-refractivity contribution >= 4 is 33.1 Å². The third-order valence-corrected chi connectivity index (χ3v) is 6.24. The quantitative estimate of drug-likeness (QED) is 0.502. The Morgan fingerprint density at radius 1 is 1.15 bits per heavy atom. The number of benzene rings is 2. The fourth-order valence-corrected chi connectivity index (χ4v) is 4.69. The van der Waals surface area contributed by atoms with E-state index in [4.69, 9.17) is 4.98 Å². The Morgan fingerprint density at radius 3 is 2.59 bits per heavy atom. The van der Waals surface area contributed by atoms with Gasteiger partial charge in [0.2, 0.25) is 5.91 Å². The minimum Gasteiger partial charge on any atom is -0.342 e. The average Bonchev–Trinajstić information content (AvgIpc) is 3.12. The van der Waals surface area contributed by atoms with Crippen molar-refractivity contribution in [1.29, 1.82) is 0 Å². The summed E-state index contributed by atoms with van der Waals surface area (Å²) in [5, 5.41) is 12.3. The largest absolute Gasteiger partial charge is 0.342 e. The van der Waals surface area contributed by atoms with Gasteiger partial charge in [-0.3, -0.25) is 14.9 Å². The second-order valence-electron chi connectivity index (χ2n) is 6.74. The van der Waals surface area contributed by atoms with Crippen molar-refractivity contribution in [2.75, 3.05) is 13.1 Å². The van der Waals surface area contributed by atoms with E-state index in [1.165, 1.54) is 10.8 Å². The van der Waals surface area contributed by atoms with Crippen molar-refractivity contribution in [3.8, 4) is 0 Å². The van der Waals surface area contributed by atoms with Crippen molar-refractivity contribution in [2.24, 2.45) is 0 Å². The first-order chi connectivity index (χ1) is 13.1. The molecule has 0 aliphatic carbocycles. The molecule has 0 atom stereocenters. The maximum absolute atomic E-state index is 12.6. The molecule has 0 saturated carbocycles. The van der Waals surface area contributed by atoms with Gasteiger partial charge in [-0.25, -0.2) is 4.98 Å². The fraction of sp³-hybridized carbons (Fsp3) is 0.300. The van der Waals surface area contributed by atoms with Crippen LogP contribution < -0.4 is 0 Å². The molecule has 3 aromatic rings. The Kier molecular flexibility index (Phi) is 4.85. The first-order valence-electron chi connectivity index (χ1n) is 8.97. The zero-order valence-electron chi connectivity index (χ0n) is 14.7. The molecule has 0 spiro atoms. The van der Waals surface area contributed by atoms with Crippen LogP contribution in [0.4, 0.5) is 5.69 Å². The van der Waals surface area contributed by atoms with Gasteiger partial charge in [-0.15, -0.1) is 11.3 Å². The number of nitrogens with zero attached hydrogens (tertiary/aromatic N) is 3. The molecule has 0 radical (unpaired) electrons. The van der Waals surface area contributed by atoms with E-state index in [-0.39, 0.29) is 18.0 Å². The topological polar surface area (TPSA) is 76.3 Å². The summed E-state index contributed by atoms with van der Waals surface area (Å²) < 4.78 is 1.20. The minimum atomic E-state index is -0.429. The van der Waals surface area contributed by atoms with E-state index >= 15 is 0 Å². The normalized spacial score (nSPS) is 15.2. The molecule has 1 fully saturated rings. The number of fused-ring (bicyclic) bond motifs is 1. The number of piperidine rings is 1. The summed E-state index contributed by atoms with van der Waals surface area (Å²) in [7, 11) is 0. The molecule has 7 heteroatoms. The van der Waals surface area contributed by atoms with E-state index in [9.17, 15) is 14.9 Å².